The lowest BCUT2D eigenvalue weighted by atomic mass is 9.85. The number of hydrazine groups is 1. The van der Waals surface area contributed by atoms with Crippen LogP contribution in [0, 0.1) is 11.8 Å². The zero-order chi connectivity index (χ0) is 16.0. The Morgan fingerprint density at radius 2 is 1.65 bits per heavy atom. The van der Waals surface area contributed by atoms with Gasteiger partial charge in [0.1, 0.15) is 0 Å². The zero-order valence-electron chi connectivity index (χ0n) is 12.3. The third-order valence-corrected chi connectivity index (χ3v) is 4.63. The van der Waals surface area contributed by atoms with Crippen LogP contribution in [-0.4, -0.2) is 34.9 Å². The molecule has 1 N–H and O–H groups in total. The first kappa shape index (κ1) is 14.1. The van der Waals surface area contributed by atoms with E-state index in [1.165, 1.54) is 0 Å². The zero-order valence-corrected chi connectivity index (χ0v) is 12.3. The van der Waals surface area contributed by atoms with E-state index in [1.54, 1.807) is 0 Å². The topological polar surface area (TPSA) is 75.7 Å². The minimum atomic E-state index is -0.494. The number of benzene rings is 1. The first-order valence-corrected chi connectivity index (χ1v) is 7.70. The number of hydrogen-bond acceptors (Lipinski definition) is 4. The lowest BCUT2D eigenvalue weighted by Gasteiger charge is -2.18. The maximum atomic E-state index is 12.4. The van der Waals surface area contributed by atoms with Crippen molar-refractivity contribution < 1.29 is 19.1 Å². The van der Waals surface area contributed by atoms with Gasteiger partial charge in [0.2, 0.25) is 5.91 Å². The molecule has 3 aliphatic rings. The molecule has 2 fully saturated rings. The van der Waals surface area contributed by atoms with Gasteiger partial charge in [-0.1, -0.05) is 42.5 Å². The van der Waals surface area contributed by atoms with E-state index in [1.807, 2.05) is 42.5 Å². The molecule has 118 valence electrons. The molecule has 2 bridgehead atoms. The van der Waals surface area contributed by atoms with Crippen LogP contribution in [0.5, 0.6) is 0 Å². The summed E-state index contributed by atoms with van der Waals surface area (Å²) >= 11 is 0. The molecule has 1 aromatic rings. The summed E-state index contributed by atoms with van der Waals surface area (Å²) in [5.41, 5.74) is 3.49. The van der Waals surface area contributed by atoms with Gasteiger partial charge in [0.15, 0.2) is 0 Å². The van der Waals surface area contributed by atoms with Crippen LogP contribution in [0.25, 0.3) is 0 Å². The highest BCUT2D eigenvalue weighted by atomic mass is 16.5. The number of carbonyl (C=O) groups is 3. The molecule has 23 heavy (non-hydrogen) atoms. The Labute approximate surface area is 133 Å². The molecule has 3 amide bonds. The van der Waals surface area contributed by atoms with Crippen LogP contribution < -0.4 is 5.43 Å². The molecule has 0 saturated carbocycles. The molecular formula is C17H16N2O4. The summed E-state index contributed by atoms with van der Waals surface area (Å²) in [5.74, 6) is -2.06. The molecule has 0 spiro atoms. The van der Waals surface area contributed by atoms with E-state index < -0.39 is 11.8 Å². The van der Waals surface area contributed by atoms with E-state index in [4.69, 9.17) is 4.74 Å². The molecule has 4 atom stereocenters. The van der Waals surface area contributed by atoms with Gasteiger partial charge in [-0.3, -0.25) is 19.8 Å². The molecule has 0 aromatic heterocycles. The quantitative estimate of drug-likeness (QED) is 0.652. The summed E-state index contributed by atoms with van der Waals surface area (Å²) in [4.78, 5) is 36.8. The normalized spacial score (nSPS) is 30.9. The highest BCUT2D eigenvalue weighted by Gasteiger charge is 2.61. The van der Waals surface area contributed by atoms with Gasteiger partial charge in [-0.05, 0) is 12.0 Å². The summed E-state index contributed by atoms with van der Waals surface area (Å²) in [6.07, 6.45) is 3.74. The fraction of sp³-hybridized carbons (Fsp3) is 0.353. The highest BCUT2D eigenvalue weighted by Crippen LogP contribution is 2.44. The summed E-state index contributed by atoms with van der Waals surface area (Å²) in [7, 11) is 0. The Hall–Kier alpha value is -2.47. The van der Waals surface area contributed by atoms with Gasteiger partial charge in [-0.15, -0.1) is 0 Å². The van der Waals surface area contributed by atoms with E-state index in [-0.39, 0.29) is 36.4 Å². The number of imide groups is 1. The van der Waals surface area contributed by atoms with Crippen LogP contribution in [-0.2, 0) is 25.5 Å². The first-order valence-electron chi connectivity index (χ1n) is 7.70. The van der Waals surface area contributed by atoms with E-state index >= 15 is 0 Å². The smallest absolute Gasteiger partial charge is 0.255 e. The maximum absolute atomic E-state index is 12.4. The lowest BCUT2D eigenvalue weighted by molar-refractivity contribution is -0.151. The highest BCUT2D eigenvalue weighted by molar-refractivity contribution is 6.07. The second-order valence-corrected chi connectivity index (χ2v) is 6.03. The number of nitrogens with zero attached hydrogens (tertiary/aromatic N) is 1. The van der Waals surface area contributed by atoms with Gasteiger partial charge in [-0.25, -0.2) is 0 Å². The van der Waals surface area contributed by atoms with Crippen molar-refractivity contribution in [2.24, 2.45) is 11.8 Å². The standard InChI is InChI=1S/C17H16N2O4/c20-13(9-6-10-4-2-1-3-5-10)18-19-16(21)14-11-7-8-12(23-11)15(14)17(19)22/h1-5,7-8,11-12,14-15H,6,9H2,(H,18,20)/t11-,12-,14-,15+/m0/s1. The summed E-state index contributed by atoms with van der Waals surface area (Å²) in [6, 6.07) is 9.60. The average molecular weight is 312 g/mol. The Balaban J connectivity index is 1.39. The van der Waals surface area contributed by atoms with Crippen LogP contribution in [0.15, 0.2) is 42.5 Å². The molecule has 6 nitrogen and oxygen atoms in total. The molecular weight excluding hydrogens is 296 g/mol. The third-order valence-electron chi connectivity index (χ3n) is 4.63. The van der Waals surface area contributed by atoms with Gasteiger partial charge in [0.05, 0.1) is 24.0 Å². The van der Waals surface area contributed by atoms with E-state index in [2.05, 4.69) is 5.43 Å². The Morgan fingerprint density at radius 1 is 1.04 bits per heavy atom. The van der Waals surface area contributed by atoms with E-state index in [0.717, 1.165) is 10.6 Å². The van der Waals surface area contributed by atoms with Crippen LogP contribution in [0.4, 0.5) is 0 Å². The van der Waals surface area contributed by atoms with Crippen molar-refractivity contribution in [1.29, 1.82) is 0 Å². The Kier molecular flexibility index (Phi) is 3.27. The minimum Gasteiger partial charge on any atom is -0.365 e. The number of hydrogen-bond donors (Lipinski definition) is 1. The van der Waals surface area contributed by atoms with Crippen molar-refractivity contribution in [3.8, 4) is 0 Å². The van der Waals surface area contributed by atoms with Crippen molar-refractivity contribution in [2.45, 2.75) is 25.0 Å². The van der Waals surface area contributed by atoms with Gasteiger partial charge < -0.3 is 4.74 Å². The molecule has 6 heteroatoms. The molecule has 0 aliphatic carbocycles. The number of ether oxygens (including phenoxy) is 1. The number of fused-ring (bicyclic) bond motifs is 5. The SMILES string of the molecule is O=C(CCc1ccccc1)NN1C(=O)[C@@H]2[C@H](C1=O)[C@@H]1C=C[C@@H]2O1. The molecule has 2 saturated heterocycles. The fourth-order valence-electron chi connectivity index (χ4n) is 3.50. The van der Waals surface area contributed by atoms with Crippen molar-refractivity contribution in [1.82, 2.24) is 10.4 Å². The first-order chi connectivity index (χ1) is 11.1. The summed E-state index contributed by atoms with van der Waals surface area (Å²) in [6.45, 7) is 0. The number of nitrogens with one attached hydrogen (secondary N) is 1. The minimum absolute atomic E-state index is 0.220. The van der Waals surface area contributed by atoms with E-state index in [9.17, 15) is 14.4 Å². The van der Waals surface area contributed by atoms with Crippen molar-refractivity contribution >= 4 is 17.7 Å². The average Bonchev–Trinajstić information content (AvgIpc) is 3.24. The van der Waals surface area contributed by atoms with Crippen molar-refractivity contribution in [3.63, 3.8) is 0 Å². The third kappa shape index (κ3) is 2.26. The number of carbonyl (C=O) groups excluding carboxylic acids is 3. The molecule has 4 rings (SSSR count). The van der Waals surface area contributed by atoms with Gasteiger partial charge in [0.25, 0.3) is 11.8 Å². The predicted molar refractivity (Wildman–Crippen MR) is 79.5 cm³/mol. The van der Waals surface area contributed by atoms with Crippen molar-refractivity contribution in [2.75, 3.05) is 0 Å². The Morgan fingerprint density at radius 3 is 2.26 bits per heavy atom. The monoisotopic (exact) mass is 312 g/mol. The second-order valence-electron chi connectivity index (χ2n) is 6.03. The van der Waals surface area contributed by atoms with Crippen LogP contribution >= 0.6 is 0 Å². The summed E-state index contributed by atoms with van der Waals surface area (Å²) < 4.78 is 5.55. The molecule has 3 heterocycles. The van der Waals surface area contributed by atoms with Gasteiger partial charge in [-0.2, -0.15) is 5.01 Å². The molecule has 1 aromatic carbocycles. The van der Waals surface area contributed by atoms with Crippen LogP contribution in [0.2, 0.25) is 0 Å². The number of amides is 3. The largest absolute Gasteiger partial charge is 0.365 e. The molecule has 0 radical (unpaired) electrons. The molecule has 3 aliphatic heterocycles. The maximum Gasteiger partial charge on any atom is 0.255 e. The lowest BCUT2D eigenvalue weighted by Crippen LogP contribution is -2.48. The van der Waals surface area contributed by atoms with Gasteiger partial charge >= 0.3 is 0 Å². The predicted octanol–water partition coefficient (Wildman–Crippen LogP) is 0.589. The van der Waals surface area contributed by atoms with Gasteiger partial charge in [0, 0.05) is 6.42 Å². The van der Waals surface area contributed by atoms with Crippen molar-refractivity contribution in [3.05, 3.63) is 48.0 Å². The van der Waals surface area contributed by atoms with Crippen LogP contribution in [0.1, 0.15) is 12.0 Å². The van der Waals surface area contributed by atoms with E-state index in [0.29, 0.717) is 6.42 Å². The summed E-state index contributed by atoms with van der Waals surface area (Å²) in [5, 5.41) is 0.887. The second kappa shape index (κ2) is 5.31. The number of aryl methyl sites for hydroxylation is 1. The fourth-order valence-corrected chi connectivity index (χ4v) is 3.50. The molecule has 0 unspecified atom stereocenters. The number of rotatable bonds is 4. The Bertz CT molecular complexity index is 670. The van der Waals surface area contributed by atoms with Crippen LogP contribution in [0.3, 0.4) is 0 Å².